The molecular formula is C16H23N3O4. The van der Waals surface area contributed by atoms with Crippen molar-refractivity contribution in [3.8, 4) is 11.5 Å². The molecular weight excluding hydrogens is 298 g/mol. The van der Waals surface area contributed by atoms with Crippen LogP contribution in [0.5, 0.6) is 11.5 Å². The van der Waals surface area contributed by atoms with Crippen LogP contribution in [0.2, 0.25) is 0 Å². The van der Waals surface area contributed by atoms with Crippen molar-refractivity contribution in [2.45, 2.75) is 0 Å². The van der Waals surface area contributed by atoms with E-state index in [-0.39, 0.29) is 6.03 Å². The maximum absolute atomic E-state index is 12.4. The summed E-state index contributed by atoms with van der Waals surface area (Å²) in [5.74, 6) is 1.40. The van der Waals surface area contributed by atoms with E-state index in [2.05, 4.69) is 10.2 Å². The van der Waals surface area contributed by atoms with Gasteiger partial charge in [-0.2, -0.15) is 0 Å². The number of urea groups is 1. The molecule has 2 heterocycles. The van der Waals surface area contributed by atoms with Crippen LogP contribution in [0.3, 0.4) is 0 Å². The average molecular weight is 321 g/mol. The van der Waals surface area contributed by atoms with Crippen LogP contribution in [0, 0.1) is 0 Å². The minimum Gasteiger partial charge on any atom is -0.486 e. The number of hydrogen-bond donors (Lipinski definition) is 1. The molecule has 0 unspecified atom stereocenters. The molecule has 0 bridgehead atoms. The molecule has 0 aromatic heterocycles. The van der Waals surface area contributed by atoms with Crippen LogP contribution in [-0.2, 0) is 4.74 Å². The lowest BCUT2D eigenvalue weighted by Gasteiger charge is -2.34. The summed E-state index contributed by atoms with van der Waals surface area (Å²) in [4.78, 5) is 16.5. The van der Waals surface area contributed by atoms with E-state index in [0.29, 0.717) is 19.0 Å². The SMILES string of the molecule is COCCN1CCN(C(=O)Nc2ccc3c(c2)OCCO3)CC1. The van der Waals surface area contributed by atoms with Gasteiger partial charge in [-0.3, -0.25) is 4.90 Å². The highest BCUT2D eigenvalue weighted by Crippen LogP contribution is 2.32. The van der Waals surface area contributed by atoms with Gasteiger partial charge in [0, 0.05) is 51.6 Å². The fourth-order valence-corrected chi connectivity index (χ4v) is 2.72. The van der Waals surface area contributed by atoms with Crippen LogP contribution < -0.4 is 14.8 Å². The lowest BCUT2D eigenvalue weighted by molar-refractivity contribution is 0.109. The molecule has 0 aliphatic carbocycles. The van der Waals surface area contributed by atoms with E-state index in [1.165, 1.54) is 0 Å². The van der Waals surface area contributed by atoms with E-state index in [1.54, 1.807) is 13.2 Å². The Balaban J connectivity index is 1.52. The summed E-state index contributed by atoms with van der Waals surface area (Å²) in [5, 5.41) is 2.93. The second kappa shape index (κ2) is 7.52. The highest BCUT2D eigenvalue weighted by atomic mass is 16.6. The Bertz CT molecular complexity index is 544. The van der Waals surface area contributed by atoms with Crippen LogP contribution in [-0.4, -0.2) is 75.5 Å². The Kier molecular flexibility index (Phi) is 5.19. The molecule has 2 aliphatic rings. The average Bonchev–Trinajstić information content (AvgIpc) is 2.60. The number of carbonyl (C=O) groups excluding carboxylic acids is 1. The number of carbonyl (C=O) groups is 1. The zero-order valence-electron chi connectivity index (χ0n) is 13.4. The highest BCUT2D eigenvalue weighted by Gasteiger charge is 2.21. The van der Waals surface area contributed by atoms with Crippen LogP contribution in [0.1, 0.15) is 0 Å². The van der Waals surface area contributed by atoms with Crippen molar-refractivity contribution in [1.82, 2.24) is 9.80 Å². The predicted molar refractivity (Wildman–Crippen MR) is 86.3 cm³/mol. The van der Waals surface area contributed by atoms with Gasteiger partial charge in [-0.1, -0.05) is 0 Å². The largest absolute Gasteiger partial charge is 0.486 e. The number of amides is 2. The van der Waals surface area contributed by atoms with Gasteiger partial charge < -0.3 is 24.4 Å². The van der Waals surface area contributed by atoms with E-state index >= 15 is 0 Å². The molecule has 0 radical (unpaired) electrons. The first-order valence-corrected chi connectivity index (χ1v) is 7.93. The number of methoxy groups -OCH3 is 1. The van der Waals surface area contributed by atoms with Crippen molar-refractivity contribution >= 4 is 11.7 Å². The van der Waals surface area contributed by atoms with Gasteiger partial charge in [-0.25, -0.2) is 4.79 Å². The Labute approximate surface area is 136 Å². The molecule has 2 aliphatic heterocycles. The number of fused-ring (bicyclic) bond motifs is 1. The number of piperazine rings is 1. The summed E-state index contributed by atoms with van der Waals surface area (Å²) in [6.45, 7) is 5.92. The minimum absolute atomic E-state index is 0.0759. The monoisotopic (exact) mass is 321 g/mol. The molecule has 1 aromatic rings. The normalized spacial score (nSPS) is 17.9. The number of nitrogens with zero attached hydrogens (tertiary/aromatic N) is 2. The first-order valence-electron chi connectivity index (χ1n) is 7.93. The maximum atomic E-state index is 12.4. The van der Waals surface area contributed by atoms with E-state index in [4.69, 9.17) is 14.2 Å². The Morgan fingerprint density at radius 2 is 1.91 bits per heavy atom. The van der Waals surface area contributed by atoms with Gasteiger partial charge in [0.25, 0.3) is 0 Å². The maximum Gasteiger partial charge on any atom is 0.321 e. The molecule has 0 atom stereocenters. The predicted octanol–water partition coefficient (Wildman–Crippen LogP) is 1.25. The molecule has 1 N–H and O–H groups in total. The van der Waals surface area contributed by atoms with Crippen LogP contribution in [0.4, 0.5) is 10.5 Å². The van der Waals surface area contributed by atoms with Crippen molar-refractivity contribution in [3.05, 3.63) is 18.2 Å². The lowest BCUT2D eigenvalue weighted by atomic mass is 10.2. The molecule has 7 nitrogen and oxygen atoms in total. The summed E-state index contributed by atoms with van der Waals surface area (Å²) in [5.41, 5.74) is 0.723. The van der Waals surface area contributed by atoms with Gasteiger partial charge in [-0.15, -0.1) is 0 Å². The third-order valence-corrected chi connectivity index (χ3v) is 4.06. The number of nitrogens with one attached hydrogen (secondary N) is 1. The summed E-state index contributed by atoms with van der Waals surface area (Å²) in [7, 11) is 1.71. The van der Waals surface area contributed by atoms with Gasteiger partial charge in [0.15, 0.2) is 11.5 Å². The van der Waals surface area contributed by atoms with Gasteiger partial charge in [-0.05, 0) is 12.1 Å². The molecule has 23 heavy (non-hydrogen) atoms. The molecule has 2 amide bonds. The summed E-state index contributed by atoms with van der Waals surface area (Å²) in [6.07, 6.45) is 0. The first kappa shape index (κ1) is 15.9. The zero-order valence-corrected chi connectivity index (χ0v) is 13.4. The molecule has 7 heteroatoms. The summed E-state index contributed by atoms with van der Waals surface area (Å²) >= 11 is 0. The van der Waals surface area contributed by atoms with Gasteiger partial charge in [0.2, 0.25) is 0 Å². The molecule has 1 saturated heterocycles. The number of hydrogen-bond acceptors (Lipinski definition) is 5. The topological polar surface area (TPSA) is 63.3 Å². The van der Waals surface area contributed by atoms with Crippen LogP contribution in [0.25, 0.3) is 0 Å². The zero-order chi connectivity index (χ0) is 16.1. The van der Waals surface area contributed by atoms with Crippen molar-refractivity contribution in [1.29, 1.82) is 0 Å². The fraction of sp³-hybridized carbons (Fsp3) is 0.562. The number of rotatable bonds is 4. The molecule has 0 spiro atoms. The summed E-state index contributed by atoms with van der Waals surface area (Å²) < 4.78 is 16.1. The van der Waals surface area contributed by atoms with Crippen molar-refractivity contribution in [3.63, 3.8) is 0 Å². The minimum atomic E-state index is -0.0759. The van der Waals surface area contributed by atoms with E-state index in [9.17, 15) is 4.79 Å². The molecule has 126 valence electrons. The number of benzene rings is 1. The Hall–Kier alpha value is -1.99. The van der Waals surface area contributed by atoms with Gasteiger partial charge >= 0.3 is 6.03 Å². The second-order valence-corrected chi connectivity index (χ2v) is 5.61. The third-order valence-electron chi connectivity index (χ3n) is 4.06. The highest BCUT2D eigenvalue weighted by molar-refractivity contribution is 5.89. The fourth-order valence-electron chi connectivity index (χ4n) is 2.72. The molecule has 0 saturated carbocycles. The van der Waals surface area contributed by atoms with E-state index < -0.39 is 0 Å². The third kappa shape index (κ3) is 4.05. The van der Waals surface area contributed by atoms with E-state index in [1.807, 2.05) is 17.0 Å². The first-order chi connectivity index (χ1) is 11.3. The standard InChI is InChI=1S/C16H23N3O4/c1-21-9-8-18-4-6-19(7-5-18)16(20)17-13-2-3-14-15(12-13)23-11-10-22-14/h2-3,12H,4-11H2,1H3,(H,17,20). The Morgan fingerprint density at radius 1 is 1.17 bits per heavy atom. The quantitative estimate of drug-likeness (QED) is 0.904. The van der Waals surface area contributed by atoms with E-state index in [0.717, 1.165) is 50.8 Å². The van der Waals surface area contributed by atoms with Crippen molar-refractivity contribution in [2.24, 2.45) is 0 Å². The Morgan fingerprint density at radius 3 is 2.65 bits per heavy atom. The van der Waals surface area contributed by atoms with Crippen molar-refractivity contribution < 1.29 is 19.0 Å². The van der Waals surface area contributed by atoms with Crippen LogP contribution in [0.15, 0.2) is 18.2 Å². The molecule has 1 fully saturated rings. The number of ether oxygens (including phenoxy) is 3. The molecule has 1 aromatic carbocycles. The molecule has 3 rings (SSSR count). The van der Waals surface area contributed by atoms with Crippen molar-refractivity contribution in [2.75, 3.05) is 65.0 Å². The number of anilines is 1. The van der Waals surface area contributed by atoms with Gasteiger partial charge in [0.1, 0.15) is 13.2 Å². The summed E-state index contributed by atoms with van der Waals surface area (Å²) in [6, 6.07) is 5.39. The lowest BCUT2D eigenvalue weighted by Crippen LogP contribution is -2.50. The second-order valence-electron chi connectivity index (χ2n) is 5.61. The van der Waals surface area contributed by atoms with Crippen LogP contribution >= 0.6 is 0 Å². The van der Waals surface area contributed by atoms with Gasteiger partial charge in [0.05, 0.1) is 6.61 Å². The smallest absolute Gasteiger partial charge is 0.321 e.